The van der Waals surface area contributed by atoms with E-state index < -0.39 is 5.82 Å². The standard InChI is InChI=1S/C10H11BrFNO2/c11-10-7(12)3-6(4-9(10)14)8-5-15-2-1-13-8/h3-4,8,13-14H,1-2,5H2. The van der Waals surface area contributed by atoms with E-state index in [4.69, 9.17) is 4.74 Å². The maximum Gasteiger partial charge on any atom is 0.141 e. The summed E-state index contributed by atoms with van der Waals surface area (Å²) in [5.74, 6) is -0.547. The molecule has 0 saturated carbocycles. The summed E-state index contributed by atoms with van der Waals surface area (Å²) in [5.41, 5.74) is 0.702. The van der Waals surface area contributed by atoms with E-state index in [-0.39, 0.29) is 16.3 Å². The fourth-order valence-electron chi connectivity index (χ4n) is 1.58. The Morgan fingerprint density at radius 3 is 2.93 bits per heavy atom. The predicted octanol–water partition coefficient (Wildman–Crippen LogP) is 1.95. The zero-order valence-corrected chi connectivity index (χ0v) is 9.55. The van der Waals surface area contributed by atoms with Crippen LogP contribution in [0, 0.1) is 5.82 Å². The Morgan fingerprint density at radius 1 is 1.53 bits per heavy atom. The van der Waals surface area contributed by atoms with E-state index in [0.29, 0.717) is 18.8 Å². The molecule has 1 unspecified atom stereocenters. The maximum absolute atomic E-state index is 13.3. The molecular weight excluding hydrogens is 265 g/mol. The van der Waals surface area contributed by atoms with Crippen molar-refractivity contribution in [3.05, 3.63) is 28.0 Å². The lowest BCUT2D eigenvalue weighted by Crippen LogP contribution is -2.34. The van der Waals surface area contributed by atoms with Gasteiger partial charge < -0.3 is 15.2 Å². The number of morpholine rings is 1. The molecule has 0 radical (unpaired) electrons. The minimum Gasteiger partial charge on any atom is -0.507 e. The van der Waals surface area contributed by atoms with Gasteiger partial charge in [-0.15, -0.1) is 0 Å². The molecule has 1 fully saturated rings. The lowest BCUT2D eigenvalue weighted by molar-refractivity contribution is 0.0767. The molecule has 0 bridgehead atoms. The van der Waals surface area contributed by atoms with Crippen molar-refractivity contribution in [3.8, 4) is 5.75 Å². The number of nitrogens with one attached hydrogen (secondary N) is 1. The van der Waals surface area contributed by atoms with E-state index in [1.807, 2.05) is 0 Å². The van der Waals surface area contributed by atoms with Crippen LogP contribution in [0.1, 0.15) is 11.6 Å². The van der Waals surface area contributed by atoms with Crippen LogP contribution in [0.25, 0.3) is 0 Å². The zero-order valence-electron chi connectivity index (χ0n) is 7.96. The number of phenols is 1. The summed E-state index contributed by atoms with van der Waals surface area (Å²) in [5, 5.41) is 12.6. The second-order valence-electron chi connectivity index (χ2n) is 3.42. The summed E-state index contributed by atoms with van der Waals surface area (Å²) >= 11 is 2.96. The molecule has 1 aromatic rings. The molecule has 1 aliphatic rings. The number of aromatic hydroxyl groups is 1. The van der Waals surface area contributed by atoms with Crippen molar-refractivity contribution in [2.75, 3.05) is 19.8 Å². The zero-order chi connectivity index (χ0) is 10.8. The van der Waals surface area contributed by atoms with Crippen LogP contribution < -0.4 is 5.32 Å². The average Bonchev–Trinajstić information content (AvgIpc) is 2.26. The molecule has 0 aromatic heterocycles. The van der Waals surface area contributed by atoms with E-state index in [2.05, 4.69) is 21.2 Å². The number of halogens is 2. The van der Waals surface area contributed by atoms with Crippen LogP contribution in [0.3, 0.4) is 0 Å². The van der Waals surface area contributed by atoms with Crippen LogP contribution in [0.15, 0.2) is 16.6 Å². The molecule has 15 heavy (non-hydrogen) atoms. The van der Waals surface area contributed by atoms with E-state index in [1.165, 1.54) is 6.07 Å². The second kappa shape index (κ2) is 4.47. The van der Waals surface area contributed by atoms with Gasteiger partial charge in [0.05, 0.1) is 23.7 Å². The van der Waals surface area contributed by atoms with Gasteiger partial charge in [-0.1, -0.05) is 0 Å². The molecule has 1 aliphatic heterocycles. The van der Waals surface area contributed by atoms with Gasteiger partial charge in [0.2, 0.25) is 0 Å². The van der Waals surface area contributed by atoms with Gasteiger partial charge in [0.15, 0.2) is 0 Å². The van der Waals surface area contributed by atoms with Gasteiger partial charge >= 0.3 is 0 Å². The Kier molecular flexibility index (Phi) is 3.23. The Balaban J connectivity index is 2.27. The highest BCUT2D eigenvalue weighted by molar-refractivity contribution is 9.10. The minimum absolute atomic E-state index is 0.0488. The van der Waals surface area contributed by atoms with Crippen LogP contribution in [0.4, 0.5) is 4.39 Å². The fraction of sp³-hybridized carbons (Fsp3) is 0.400. The van der Waals surface area contributed by atoms with Crippen LogP contribution in [-0.2, 0) is 4.74 Å². The Bertz CT molecular complexity index is 343. The van der Waals surface area contributed by atoms with E-state index in [1.54, 1.807) is 6.07 Å². The number of phenolic OH excluding ortho intramolecular Hbond substituents is 1. The van der Waals surface area contributed by atoms with Crippen molar-refractivity contribution in [3.63, 3.8) is 0 Å². The third kappa shape index (κ3) is 2.30. The summed E-state index contributed by atoms with van der Waals surface area (Å²) in [6.45, 7) is 1.91. The Morgan fingerprint density at radius 2 is 2.33 bits per heavy atom. The van der Waals surface area contributed by atoms with Crippen molar-refractivity contribution in [1.29, 1.82) is 0 Å². The van der Waals surface area contributed by atoms with Crippen molar-refractivity contribution in [2.45, 2.75) is 6.04 Å². The van der Waals surface area contributed by atoms with Gasteiger partial charge in [-0.25, -0.2) is 4.39 Å². The average molecular weight is 276 g/mol. The fourth-order valence-corrected chi connectivity index (χ4v) is 1.80. The first-order valence-electron chi connectivity index (χ1n) is 4.67. The van der Waals surface area contributed by atoms with Crippen molar-refractivity contribution < 1.29 is 14.2 Å². The van der Waals surface area contributed by atoms with Crippen molar-refractivity contribution in [1.82, 2.24) is 5.32 Å². The summed E-state index contributed by atoms with van der Waals surface area (Å²) in [7, 11) is 0. The molecule has 5 heteroatoms. The van der Waals surface area contributed by atoms with Crippen molar-refractivity contribution >= 4 is 15.9 Å². The third-order valence-electron chi connectivity index (χ3n) is 2.36. The first kappa shape index (κ1) is 10.9. The van der Waals surface area contributed by atoms with Crippen LogP contribution >= 0.6 is 15.9 Å². The lowest BCUT2D eigenvalue weighted by atomic mass is 10.1. The molecule has 2 rings (SSSR count). The molecule has 82 valence electrons. The topological polar surface area (TPSA) is 41.5 Å². The second-order valence-corrected chi connectivity index (χ2v) is 4.21. The van der Waals surface area contributed by atoms with Crippen LogP contribution in [-0.4, -0.2) is 24.9 Å². The van der Waals surface area contributed by atoms with E-state index in [9.17, 15) is 9.50 Å². The van der Waals surface area contributed by atoms with Gasteiger partial charge in [-0.3, -0.25) is 0 Å². The molecule has 0 aliphatic carbocycles. The Hall–Kier alpha value is -0.650. The van der Waals surface area contributed by atoms with Crippen LogP contribution in [0.5, 0.6) is 5.75 Å². The van der Waals surface area contributed by atoms with Gasteiger partial charge in [0.25, 0.3) is 0 Å². The largest absolute Gasteiger partial charge is 0.507 e. The summed E-state index contributed by atoms with van der Waals surface area (Å²) in [6.07, 6.45) is 0. The third-order valence-corrected chi connectivity index (χ3v) is 3.14. The van der Waals surface area contributed by atoms with E-state index in [0.717, 1.165) is 6.54 Å². The molecule has 3 nitrogen and oxygen atoms in total. The summed E-state index contributed by atoms with van der Waals surface area (Å²) in [4.78, 5) is 0. The smallest absolute Gasteiger partial charge is 0.141 e. The van der Waals surface area contributed by atoms with Crippen molar-refractivity contribution in [2.24, 2.45) is 0 Å². The first-order chi connectivity index (χ1) is 7.18. The van der Waals surface area contributed by atoms with Gasteiger partial charge in [0, 0.05) is 6.54 Å². The number of rotatable bonds is 1. The van der Waals surface area contributed by atoms with Crippen LogP contribution in [0.2, 0.25) is 0 Å². The molecule has 2 N–H and O–H groups in total. The molecule has 1 aromatic carbocycles. The minimum atomic E-state index is -0.461. The molecule has 0 amide bonds. The normalized spacial score (nSPS) is 21.6. The highest BCUT2D eigenvalue weighted by Crippen LogP contribution is 2.30. The molecular formula is C10H11BrFNO2. The lowest BCUT2D eigenvalue weighted by Gasteiger charge is -2.24. The number of hydrogen-bond donors (Lipinski definition) is 2. The SMILES string of the molecule is Oc1cc(C2COCCN2)cc(F)c1Br. The monoisotopic (exact) mass is 275 g/mol. The highest BCUT2D eigenvalue weighted by Gasteiger charge is 2.18. The quantitative estimate of drug-likeness (QED) is 0.823. The molecule has 0 spiro atoms. The van der Waals surface area contributed by atoms with Gasteiger partial charge in [0.1, 0.15) is 11.6 Å². The van der Waals surface area contributed by atoms with E-state index >= 15 is 0 Å². The molecule has 1 saturated heterocycles. The number of ether oxygens (including phenoxy) is 1. The van der Waals surface area contributed by atoms with Gasteiger partial charge in [-0.05, 0) is 33.6 Å². The summed E-state index contributed by atoms with van der Waals surface area (Å²) < 4.78 is 18.7. The highest BCUT2D eigenvalue weighted by atomic mass is 79.9. The number of benzene rings is 1. The Labute approximate surface area is 95.4 Å². The summed E-state index contributed by atoms with van der Waals surface area (Å²) in [6, 6.07) is 2.89. The predicted molar refractivity (Wildman–Crippen MR) is 57.3 cm³/mol. The number of hydrogen-bond acceptors (Lipinski definition) is 3. The molecule has 1 heterocycles. The maximum atomic E-state index is 13.3. The van der Waals surface area contributed by atoms with Gasteiger partial charge in [-0.2, -0.15) is 0 Å². The molecule has 1 atom stereocenters. The first-order valence-corrected chi connectivity index (χ1v) is 5.47.